The van der Waals surface area contributed by atoms with E-state index in [2.05, 4.69) is 10.3 Å². The molecule has 0 unspecified atom stereocenters. The predicted octanol–water partition coefficient (Wildman–Crippen LogP) is 3.70. The van der Waals surface area contributed by atoms with Crippen LogP contribution in [0.2, 0.25) is 0 Å². The Labute approximate surface area is 135 Å². The summed E-state index contributed by atoms with van der Waals surface area (Å²) in [6, 6.07) is 5.94. The summed E-state index contributed by atoms with van der Waals surface area (Å²) < 4.78 is 5.64. The Balaban J connectivity index is 1.86. The van der Waals surface area contributed by atoms with E-state index in [-0.39, 0.29) is 5.91 Å². The molecule has 0 radical (unpaired) electrons. The van der Waals surface area contributed by atoms with Gasteiger partial charge in [-0.3, -0.25) is 4.79 Å². The first-order valence-electron chi connectivity index (χ1n) is 8.09. The van der Waals surface area contributed by atoms with Crippen LogP contribution in [0.15, 0.2) is 18.2 Å². The summed E-state index contributed by atoms with van der Waals surface area (Å²) >= 11 is 0. The van der Waals surface area contributed by atoms with Crippen molar-refractivity contribution in [1.82, 2.24) is 4.98 Å². The second kappa shape index (κ2) is 5.30. The Kier molecular flexibility index (Phi) is 3.26. The summed E-state index contributed by atoms with van der Waals surface area (Å²) in [6.45, 7) is 2.03. The molecule has 2 aliphatic rings. The monoisotopic (exact) mass is 308 g/mol. The van der Waals surface area contributed by atoms with Crippen molar-refractivity contribution in [2.75, 3.05) is 12.4 Å². The van der Waals surface area contributed by atoms with Crippen LogP contribution in [-0.4, -0.2) is 18.0 Å². The number of anilines is 1. The maximum absolute atomic E-state index is 12.4. The van der Waals surface area contributed by atoms with E-state index in [1.54, 1.807) is 7.11 Å². The number of fused-ring (bicyclic) bond motifs is 2. The van der Waals surface area contributed by atoms with Crippen molar-refractivity contribution in [1.29, 1.82) is 0 Å². The van der Waals surface area contributed by atoms with Crippen molar-refractivity contribution in [3.05, 3.63) is 46.3 Å². The smallest absolute Gasteiger partial charge is 0.256 e. The highest BCUT2D eigenvalue weighted by atomic mass is 16.5. The summed E-state index contributed by atoms with van der Waals surface area (Å²) in [5.41, 5.74) is 7.11. The zero-order valence-corrected chi connectivity index (χ0v) is 13.5. The molecule has 4 rings (SSSR count). The van der Waals surface area contributed by atoms with Gasteiger partial charge in [-0.15, -0.1) is 0 Å². The van der Waals surface area contributed by atoms with Crippen LogP contribution >= 0.6 is 0 Å². The molecular formula is C19H20N2O2. The van der Waals surface area contributed by atoms with E-state index in [1.807, 2.05) is 31.2 Å². The van der Waals surface area contributed by atoms with E-state index in [0.717, 1.165) is 41.1 Å². The first-order chi connectivity index (χ1) is 11.2. The molecule has 4 nitrogen and oxygen atoms in total. The molecule has 2 aromatic rings. The summed E-state index contributed by atoms with van der Waals surface area (Å²) in [5.74, 6) is 0.839. The van der Waals surface area contributed by atoms with Crippen LogP contribution < -0.4 is 10.1 Å². The predicted molar refractivity (Wildman–Crippen MR) is 91.7 cm³/mol. The minimum Gasteiger partial charge on any atom is -0.494 e. The fourth-order valence-electron chi connectivity index (χ4n) is 3.73. The molecule has 0 bridgehead atoms. The molecule has 4 heteroatoms. The van der Waals surface area contributed by atoms with Gasteiger partial charge in [0.25, 0.3) is 5.91 Å². The number of aryl methyl sites for hydroxylation is 2. The normalized spacial score (nSPS) is 17.8. The van der Waals surface area contributed by atoms with Gasteiger partial charge in [0.15, 0.2) is 0 Å². The molecule has 2 heterocycles. The number of rotatable bonds is 2. The lowest BCUT2D eigenvalue weighted by Crippen LogP contribution is -2.03. The Morgan fingerprint density at radius 3 is 2.87 bits per heavy atom. The largest absolute Gasteiger partial charge is 0.494 e. The highest BCUT2D eigenvalue weighted by molar-refractivity contribution is 6.35. The van der Waals surface area contributed by atoms with E-state index in [9.17, 15) is 4.79 Å². The van der Waals surface area contributed by atoms with Crippen LogP contribution in [0.5, 0.6) is 5.75 Å². The molecule has 1 aromatic heterocycles. The molecule has 0 spiro atoms. The summed E-state index contributed by atoms with van der Waals surface area (Å²) in [7, 11) is 1.70. The maximum Gasteiger partial charge on any atom is 0.256 e. The lowest BCUT2D eigenvalue weighted by molar-refractivity contribution is -0.110. The number of hydrogen-bond donors (Lipinski definition) is 2. The Hall–Kier alpha value is -2.49. The topological polar surface area (TPSA) is 54.1 Å². The van der Waals surface area contributed by atoms with Gasteiger partial charge >= 0.3 is 0 Å². The number of aromatic amines is 1. The minimum absolute atomic E-state index is 0.0519. The second-order valence-electron chi connectivity index (χ2n) is 6.25. The highest BCUT2D eigenvalue weighted by Crippen LogP contribution is 2.39. The molecule has 1 aromatic carbocycles. The molecule has 1 aliphatic carbocycles. The Morgan fingerprint density at radius 1 is 1.22 bits per heavy atom. The maximum atomic E-state index is 12.4. The van der Waals surface area contributed by atoms with Crippen molar-refractivity contribution in [3.63, 3.8) is 0 Å². The van der Waals surface area contributed by atoms with Crippen LogP contribution in [0.25, 0.3) is 11.6 Å². The van der Waals surface area contributed by atoms with E-state index in [0.29, 0.717) is 5.57 Å². The summed E-state index contributed by atoms with van der Waals surface area (Å²) in [5, 5.41) is 2.95. The number of methoxy groups -OCH3 is 1. The fraction of sp³-hybridized carbons (Fsp3) is 0.316. The van der Waals surface area contributed by atoms with Gasteiger partial charge in [0.2, 0.25) is 0 Å². The van der Waals surface area contributed by atoms with Gasteiger partial charge in [-0.2, -0.15) is 0 Å². The molecule has 0 saturated heterocycles. The SMILES string of the molecule is COc1c(C=C2C(=O)Nc3cccc(C)c32)[nH]c2c1CCCC2. The first-order valence-corrected chi connectivity index (χ1v) is 8.09. The zero-order chi connectivity index (χ0) is 16.0. The summed E-state index contributed by atoms with van der Waals surface area (Å²) in [4.78, 5) is 15.9. The number of ether oxygens (including phenoxy) is 1. The van der Waals surface area contributed by atoms with Gasteiger partial charge in [-0.05, 0) is 50.3 Å². The van der Waals surface area contributed by atoms with Crippen molar-refractivity contribution >= 4 is 23.2 Å². The van der Waals surface area contributed by atoms with E-state index in [1.165, 1.54) is 24.1 Å². The van der Waals surface area contributed by atoms with Crippen LogP contribution in [-0.2, 0) is 17.6 Å². The van der Waals surface area contributed by atoms with Crippen molar-refractivity contribution in [3.8, 4) is 5.75 Å². The van der Waals surface area contributed by atoms with Gasteiger partial charge in [-0.25, -0.2) is 0 Å². The van der Waals surface area contributed by atoms with Crippen LogP contribution in [0.4, 0.5) is 5.69 Å². The number of H-pyrrole nitrogens is 1. The molecule has 0 atom stereocenters. The quantitative estimate of drug-likeness (QED) is 0.831. The molecule has 118 valence electrons. The third kappa shape index (κ3) is 2.17. The van der Waals surface area contributed by atoms with Crippen LogP contribution in [0.3, 0.4) is 0 Å². The molecule has 1 aliphatic heterocycles. The number of carbonyl (C=O) groups excluding carboxylic acids is 1. The zero-order valence-electron chi connectivity index (χ0n) is 13.5. The summed E-state index contributed by atoms with van der Waals surface area (Å²) in [6.07, 6.45) is 6.43. The van der Waals surface area contributed by atoms with Gasteiger partial charge in [0.05, 0.1) is 18.4 Å². The lowest BCUT2D eigenvalue weighted by Gasteiger charge is -2.11. The van der Waals surface area contributed by atoms with E-state index < -0.39 is 0 Å². The highest BCUT2D eigenvalue weighted by Gasteiger charge is 2.27. The van der Waals surface area contributed by atoms with Gasteiger partial charge in [0, 0.05) is 22.5 Å². The molecule has 23 heavy (non-hydrogen) atoms. The third-order valence-electron chi connectivity index (χ3n) is 4.80. The van der Waals surface area contributed by atoms with Gasteiger partial charge in [0.1, 0.15) is 5.75 Å². The fourth-order valence-corrected chi connectivity index (χ4v) is 3.73. The molecule has 1 amide bonds. The van der Waals surface area contributed by atoms with E-state index in [4.69, 9.17) is 4.74 Å². The molecular weight excluding hydrogens is 288 g/mol. The number of aromatic nitrogens is 1. The first kappa shape index (κ1) is 14.1. The average Bonchev–Trinajstić information content (AvgIpc) is 3.06. The van der Waals surface area contributed by atoms with Crippen molar-refractivity contribution in [2.24, 2.45) is 0 Å². The Bertz CT molecular complexity index is 830. The number of hydrogen-bond acceptors (Lipinski definition) is 2. The average molecular weight is 308 g/mol. The van der Waals surface area contributed by atoms with Crippen molar-refractivity contribution < 1.29 is 9.53 Å². The molecule has 0 fully saturated rings. The third-order valence-corrected chi connectivity index (χ3v) is 4.80. The molecule has 0 saturated carbocycles. The standard InChI is InChI=1S/C19H20N2O2/c1-11-6-5-9-15-17(11)13(19(22)21-15)10-16-18(23-2)12-7-3-4-8-14(12)20-16/h5-6,9-10,20H,3-4,7-8H2,1-2H3,(H,21,22). The Morgan fingerprint density at radius 2 is 2.04 bits per heavy atom. The number of benzene rings is 1. The lowest BCUT2D eigenvalue weighted by atomic mass is 9.97. The second-order valence-corrected chi connectivity index (χ2v) is 6.25. The van der Waals surface area contributed by atoms with Crippen LogP contribution in [0, 0.1) is 6.92 Å². The van der Waals surface area contributed by atoms with Gasteiger partial charge in [-0.1, -0.05) is 12.1 Å². The number of amides is 1. The minimum atomic E-state index is -0.0519. The number of carbonyl (C=O) groups is 1. The van der Waals surface area contributed by atoms with Crippen molar-refractivity contribution in [2.45, 2.75) is 32.6 Å². The number of nitrogens with one attached hydrogen (secondary N) is 2. The van der Waals surface area contributed by atoms with Gasteiger partial charge < -0.3 is 15.0 Å². The molecule has 2 N–H and O–H groups in total. The van der Waals surface area contributed by atoms with Crippen LogP contribution in [0.1, 0.15) is 40.9 Å². The van der Waals surface area contributed by atoms with E-state index >= 15 is 0 Å².